The SMILES string of the molecule is Cc1cc(NC(=O)OCCN)ccc1NC(=O)OCCN. The van der Waals surface area contributed by atoms with Crippen molar-refractivity contribution in [3.8, 4) is 0 Å². The molecule has 1 aromatic carbocycles. The maximum absolute atomic E-state index is 11.4. The van der Waals surface area contributed by atoms with Gasteiger partial charge in [0.1, 0.15) is 13.2 Å². The summed E-state index contributed by atoms with van der Waals surface area (Å²) >= 11 is 0. The van der Waals surface area contributed by atoms with Gasteiger partial charge in [0, 0.05) is 24.5 Å². The third-order valence-corrected chi connectivity index (χ3v) is 2.41. The second-order valence-electron chi connectivity index (χ2n) is 4.13. The molecule has 0 aliphatic rings. The molecule has 0 radical (unpaired) electrons. The van der Waals surface area contributed by atoms with E-state index in [2.05, 4.69) is 10.6 Å². The molecule has 0 aliphatic heterocycles. The van der Waals surface area contributed by atoms with Crippen molar-refractivity contribution >= 4 is 23.6 Å². The number of carbonyl (C=O) groups is 2. The first-order chi connectivity index (χ1) is 10.1. The molecule has 8 nitrogen and oxygen atoms in total. The number of ether oxygens (including phenoxy) is 2. The minimum absolute atomic E-state index is 0.150. The van der Waals surface area contributed by atoms with Gasteiger partial charge in [0.15, 0.2) is 0 Å². The highest BCUT2D eigenvalue weighted by Crippen LogP contribution is 2.20. The molecule has 2 amide bonds. The molecule has 0 aliphatic carbocycles. The van der Waals surface area contributed by atoms with E-state index in [-0.39, 0.29) is 26.3 Å². The Morgan fingerprint density at radius 2 is 1.62 bits per heavy atom. The van der Waals surface area contributed by atoms with Crippen molar-refractivity contribution in [1.29, 1.82) is 0 Å². The lowest BCUT2D eigenvalue weighted by atomic mass is 10.2. The van der Waals surface area contributed by atoms with Crippen LogP contribution in [0.1, 0.15) is 5.56 Å². The van der Waals surface area contributed by atoms with E-state index in [9.17, 15) is 9.59 Å². The predicted molar refractivity (Wildman–Crippen MR) is 79.2 cm³/mol. The van der Waals surface area contributed by atoms with Crippen molar-refractivity contribution in [3.63, 3.8) is 0 Å². The van der Waals surface area contributed by atoms with Crippen LogP contribution in [-0.4, -0.2) is 38.5 Å². The van der Waals surface area contributed by atoms with Crippen molar-refractivity contribution in [2.45, 2.75) is 6.92 Å². The number of anilines is 2. The first-order valence-electron chi connectivity index (χ1n) is 6.45. The van der Waals surface area contributed by atoms with Gasteiger partial charge in [0.05, 0.1) is 0 Å². The molecular formula is C13H20N4O4. The molecule has 1 rings (SSSR count). The van der Waals surface area contributed by atoms with Gasteiger partial charge >= 0.3 is 12.2 Å². The topological polar surface area (TPSA) is 129 Å². The fourth-order valence-corrected chi connectivity index (χ4v) is 1.48. The number of nitrogens with one attached hydrogen (secondary N) is 2. The van der Waals surface area contributed by atoms with E-state index < -0.39 is 12.2 Å². The number of benzene rings is 1. The highest BCUT2D eigenvalue weighted by Gasteiger charge is 2.08. The zero-order valence-corrected chi connectivity index (χ0v) is 11.8. The Labute approximate surface area is 122 Å². The quantitative estimate of drug-likeness (QED) is 0.620. The molecule has 0 fully saturated rings. The van der Waals surface area contributed by atoms with Gasteiger partial charge in [-0.25, -0.2) is 9.59 Å². The lowest BCUT2D eigenvalue weighted by Crippen LogP contribution is -2.19. The van der Waals surface area contributed by atoms with E-state index in [1.807, 2.05) is 0 Å². The molecule has 6 N–H and O–H groups in total. The number of nitrogens with two attached hydrogens (primary N) is 2. The van der Waals surface area contributed by atoms with Gasteiger partial charge in [0.25, 0.3) is 0 Å². The Balaban J connectivity index is 2.59. The summed E-state index contributed by atoms with van der Waals surface area (Å²) in [6.07, 6.45) is -1.16. The fourth-order valence-electron chi connectivity index (χ4n) is 1.48. The number of carbonyl (C=O) groups excluding carboxylic acids is 2. The molecule has 0 heterocycles. The highest BCUT2D eigenvalue weighted by atomic mass is 16.6. The predicted octanol–water partition coefficient (Wildman–Crippen LogP) is 1.01. The first-order valence-corrected chi connectivity index (χ1v) is 6.45. The second-order valence-corrected chi connectivity index (χ2v) is 4.13. The molecule has 0 saturated carbocycles. The van der Waals surface area contributed by atoms with Crippen LogP contribution in [0.2, 0.25) is 0 Å². The van der Waals surface area contributed by atoms with Crippen LogP contribution >= 0.6 is 0 Å². The molecule has 0 aromatic heterocycles. The number of amides is 2. The van der Waals surface area contributed by atoms with Gasteiger partial charge < -0.3 is 20.9 Å². The number of hydrogen-bond donors (Lipinski definition) is 4. The monoisotopic (exact) mass is 296 g/mol. The molecular weight excluding hydrogens is 276 g/mol. The van der Waals surface area contributed by atoms with Crippen LogP contribution in [0.4, 0.5) is 21.0 Å². The van der Waals surface area contributed by atoms with Crippen LogP contribution in [0.25, 0.3) is 0 Å². The molecule has 0 unspecified atom stereocenters. The molecule has 0 atom stereocenters. The minimum atomic E-state index is -0.581. The van der Waals surface area contributed by atoms with Crippen molar-refractivity contribution in [2.75, 3.05) is 36.9 Å². The van der Waals surface area contributed by atoms with Crippen LogP contribution in [0, 0.1) is 6.92 Å². The first kappa shape index (κ1) is 16.7. The van der Waals surface area contributed by atoms with Gasteiger partial charge in [-0.3, -0.25) is 10.6 Å². The van der Waals surface area contributed by atoms with Crippen LogP contribution in [0.5, 0.6) is 0 Å². The zero-order valence-electron chi connectivity index (χ0n) is 11.8. The Bertz CT molecular complexity index is 493. The van der Waals surface area contributed by atoms with E-state index >= 15 is 0 Å². The molecule has 116 valence electrons. The Kier molecular flexibility index (Phi) is 6.99. The van der Waals surface area contributed by atoms with E-state index in [1.165, 1.54) is 0 Å². The van der Waals surface area contributed by atoms with E-state index in [0.29, 0.717) is 11.4 Å². The number of hydrogen-bond acceptors (Lipinski definition) is 6. The van der Waals surface area contributed by atoms with Gasteiger partial charge in [-0.15, -0.1) is 0 Å². The van der Waals surface area contributed by atoms with Crippen molar-refractivity contribution in [1.82, 2.24) is 0 Å². The van der Waals surface area contributed by atoms with E-state index in [0.717, 1.165) is 5.56 Å². The summed E-state index contributed by atoms with van der Waals surface area (Å²) in [6.45, 7) is 2.62. The minimum Gasteiger partial charge on any atom is -0.448 e. The van der Waals surface area contributed by atoms with E-state index in [1.54, 1.807) is 25.1 Å². The fraction of sp³-hybridized carbons (Fsp3) is 0.385. The number of aryl methyl sites for hydroxylation is 1. The maximum Gasteiger partial charge on any atom is 0.411 e. The maximum atomic E-state index is 11.4. The highest BCUT2D eigenvalue weighted by molar-refractivity contribution is 5.88. The summed E-state index contributed by atoms with van der Waals surface area (Å²) in [5.41, 5.74) is 12.4. The van der Waals surface area contributed by atoms with Crippen molar-refractivity contribution in [2.24, 2.45) is 11.5 Å². The zero-order chi connectivity index (χ0) is 15.7. The summed E-state index contributed by atoms with van der Waals surface area (Å²) < 4.78 is 9.61. The Morgan fingerprint density at radius 3 is 2.14 bits per heavy atom. The lowest BCUT2D eigenvalue weighted by molar-refractivity contribution is 0.164. The summed E-state index contributed by atoms with van der Waals surface area (Å²) in [5, 5.41) is 5.14. The van der Waals surface area contributed by atoms with Crippen molar-refractivity contribution in [3.05, 3.63) is 23.8 Å². The molecule has 0 bridgehead atoms. The number of rotatable bonds is 6. The third kappa shape index (κ3) is 6.11. The van der Waals surface area contributed by atoms with Crippen LogP contribution in [-0.2, 0) is 9.47 Å². The smallest absolute Gasteiger partial charge is 0.411 e. The van der Waals surface area contributed by atoms with Gasteiger partial charge in [0.2, 0.25) is 0 Å². The standard InChI is InChI=1S/C13H20N4O4/c1-9-8-10(16-12(18)20-6-4-14)2-3-11(9)17-13(19)21-7-5-15/h2-3,8H,4-7,14-15H2,1H3,(H,16,18)(H,17,19). The Morgan fingerprint density at radius 1 is 1.05 bits per heavy atom. The Hall–Kier alpha value is -2.32. The third-order valence-electron chi connectivity index (χ3n) is 2.41. The molecule has 0 saturated heterocycles. The van der Waals surface area contributed by atoms with Crippen LogP contribution in [0.15, 0.2) is 18.2 Å². The van der Waals surface area contributed by atoms with Gasteiger partial charge in [-0.2, -0.15) is 0 Å². The second kappa shape index (κ2) is 8.77. The molecule has 0 spiro atoms. The van der Waals surface area contributed by atoms with Crippen LogP contribution in [0.3, 0.4) is 0 Å². The molecule has 1 aromatic rings. The lowest BCUT2D eigenvalue weighted by Gasteiger charge is -2.11. The van der Waals surface area contributed by atoms with Gasteiger partial charge in [-0.1, -0.05) is 0 Å². The van der Waals surface area contributed by atoms with Crippen molar-refractivity contribution < 1.29 is 19.1 Å². The van der Waals surface area contributed by atoms with Gasteiger partial charge in [-0.05, 0) is 30.7 Å². The van der Waals surface area contributed by atoms with Crippen LogP contribution < -0.4 is 22.1 Å². The molecule has 21 heavy (non-hydrogen) atoms. The summed E-state index contributed by atoms with van der Waals surface area (Å²) in [7, 11) is 0. The summed E-state index contributed by atoms with van der Waals surface area (Å²) in [4.78, 5) is 22.8. The average molecular weight is 296 g/mol. The summed E-state index contributed by atoms with van der Waals surface area (Å²) in [5.74, 6) is 0. The largest absolute Gasteiger partial charge is 0.448 e. The van der Waals surface area contributed by atoms with E-state index in [4.69, 9.17) is 20.9 Å². The normalized spacial score (nSPS) is 9.86. The molecule has 8 heteroatoms. The summed E-state index contributed by atoms with van der Waals surface area (Å²) in [6, 6.07) is 4.98. The average Bonchev–Trinajstić information content (AvgIpc) is 2.45.